The van der Waals surface area contributed by atoms with Crippen LogP contribution in [0.1, 0.15) is 74.0 Å². The number of halogens is 1. The number of carbonyl (C=O) groups excluding carboxylic acids is 2. The second-order valence-corrected chi connectivity index (χ2v) is 11.4. The number of piperidine rings is 2. The fourth-order valence-electron chi connectivity index (χ4n) is 5.90. The summed E-state index contributed by atoms with van der Waals surface area (Å²) in [5.74, 6) is -0.483. The number of hydrogen-bond acceptors (Lipinski definition) is 6. The minimum absolute atomic E-state index is 0.00291. The molecule has 0 bridgehead atoms. The van der Waals surface area contributed by atoms with Gasteiger partial charge in [-0.2, -0.15) is 0 Å². The van der Waals surface area contributed by atoms with Gasteiger partial charge in [-0.05, 0) is 86.0 Å². The van der Waals surface area contributed by atoms with Crippen LogP contribution in [-0.4, -0.2) is 72.1 Å². The molecule has 2 fully saturated rings. The Hall–Kier alpha value is -3.59. The van der Waals surface area contributed by atoms with Gasteiger partial charge in [0.25, 0.3) is 0 Å². The zero-order valence-corrected chi connectivity index (χ0v) is 24.2. The summed E-state index contributed by atoms with van der Waals surface area (Å²) in [5, 5.41) is 13.0. The number of aliphatic carboxylic acids is 1. The number of benzene rings is 1. The molecule has 226 valence electrons. The molecular formula is C33H42FN3O5. The van der Waals surface area contributed by atoms with Crippen LogP contribution < -0.4 is 10.1 Å². The number of carboxylic acids is 1. The Morgan fingerprint density at radius 1 is 1.10 bits per heavy atom. The number of carboxylic acid groups (broad SMARTS) is 1. The van der Waals surface area contributed by atoms with Crippen molar-refractivity contribution in [2.75, 3.05) is 39.5 Å². The molecular weight excluding hydrogens is 537 g/mol. The van der Waals surface area contributed by atoms with Crippen LogP contribution in [-0.2, 0) is 14.4 Å². The minimum atomic E-state index is -0.975. The van der Waals surface area contributed by atoms with Gasteiger partial charge in [0.15, 0.2) is 0 Å². The van der Waals surface area contributed by atoms with E-state index in [0.717, 1.165) is 49.9 Å². The maximum absolute atomic E-state index is 13.4. The Morgan fingerprint density at radius 3 is 2.69 bits per heavy atom. The van der Waals surface area contributed by atoms with E-state index in [1.165, 1.54) is 0 Å². The molecule has 42 heavy (non-hydrogen) atoms. The summed E-state index contributed by atoms with van der Waals surface area (Å²) in [6.07, 6.45) is 12.1. The summed E-state index contributed by atoms with van der Waals surface area (Å²) in [5.41, 5.74) is 2.33. The molecule has 2 saturated heterocycles. The number of hydrogen-bond donors (Lipinski definition) is 2. The number of rotatable bonds is 14. The second-order valence-electron chi connectivity index (χ2n) is 11.4. The molecule has 2 aromatic rings. The van der Waals surface area contributed by atoms with Gasteiger partial charge in [-0.3, -0.25) is 19.4 Å². The van der Waals surface area contributed by atoms with Gasteiger partial charge in [0.2, 0.25) is 5.91 Å². The van der Waals surface area contributed by atoms with Crippen molar-refractivity contribution in [2.45, 2.75) is 57.3 Å². The second kappa shape index (κ2) is 16.2. The van der Waals surface area contributed by atoms with Gasteiger partial charge in [-0.25, -0.2) is 4.39 Å². The lowest BCUT2D eigenvalue weighted by Crippen LogP contribution is -2.42. The SMILES string of the molecule is O=C(O)C[C@H](CC(=O)[C@@H]1CCCN(C(=O)CCC2CCNCC2)C1)c1cncc(C=Cc2cccc(OCCF)c2)c1. The summed E-state index contributed by atoms with van der Waals surface area (Å²) >= 11 is 0. The fourth-order valence-corrected chi connectivity index (χ4v) is 5.90. The van der Waals surface area contributed by atoms with Crippen LogP contribution in [0.3, 0.4) is 0 Å². The van der Waals surface area contributed by atoms with Gasteiger partial charge in [0, 0.05) is 50.2 Å². The molecule has 0 radical (unpaired) electrons. The van der Waals surface area contributed by atoms with Crippen LogP contribution in [0.2, 0.25) is 0 Å². The standard InChI is InChI=1S/C33H42FN3O5/c34-12-16-42-30-5-1-3-25(18-30)6-7-26-17-29(22-36-21-26)28(20-33(40)41)19-31(38)27-4-2-15-37(23-27)32(39)9-8-24-10-13-35-14-11-24/h1,3,5-7,17-18,21-22,24,27-28,35H,2,4,8-16,19-20,23H2,(H,40,41)/t27-,28+/m1/s1. The number of nitrogens with one attached hydrogen (secondary N) is 1. The molecule has 9 heteroatoms. The predicted octanol–water partition coefficient (Wildman–Crippen LogP) is 5.14. The van der Waals surface area contributed by atoms with Crippen molar-refractivity contribution in [3.05, 3.63) is 59.4 Å². The number of carbonyl (C=O) groups is 3. The highest BCUT2D eigenvalue weighted by molar-refractivity contribution is 5.84. The third-order valence-corrected chi connectivity index (χ3v) is 8.25. The van der Waals surface area contributed by atoms with Crippen molar-refractivity contribution < 1.29 is 28.6 Å². The summed E-state index contributed by atoms with van der Waals surface area (Å²) in [6.45, 7) is 2.55. The lowest BCUT2D eigenvalue weighted by molar-refractivity contribution is -0.137. The zero-order valence-electron chi connectivity index (χ0n) is 24.2. The van der Waals surface area contributed by atoms with Gasteiger partial charge in [-0.1, -0.05) is 24.3 Å². The van der Waals surface area contributed by atoms with Crippen LogP contribution in [0.5, 0.6) is 5.75 Å². The monoisotopic (exact) mass is 579 g/mol. The van der Waals surface area contributed by atoms with Gasteiger partial charge < -0.3 is 20.1 Å². The van der Waals surface area contributed by atoms with Crippen molar-refractivity contribution in [1.82, 2.24) is 15.2 Å². The molecule has 0 spiro atoms. The zero-order chi connectivity index (χ0) is 29.7. The molecule has 4 rings (SSSR count). The van der Waals surface area contributed by atoms with Crippen LogP contribution in [0, 0.1) is 11.8 Å². The third kappa shape index (κ3) is 9.76. The largest absolute Gasteiger partial charge is 0.491 e. The van der Waals surface area contributed by atoms with Crippen LogP contribution in [0.15, 0.2) is 42.7 Å². The Morgan fingerprint density at radius 2 is 1.90 bits per heavy atom. The molecule has 2 atom stereocenters. The average molecular weight is 580 g/mol. The number of alkyl halides is 1. The predicted molar refractivity (Wildman–Crippen MR) is 160 cm³/mol. The molecule has 8 nitrogen and oxygen atoms in total. The highest BCUT2D eigenvalue weighted by atomic mass is 19.1. The molecule has 0 aliphatic carbocycles. The Labute approximate surface area is 247 Å². The van der Waals surface area contributed by atoms with E-state index >= 15 is 0 Å². The number of likely N-dealkylation sites (tertiary alicyclic amines) is 1. The maximum atomic E-state index is 13.4. The summed E-state index contributed by atoms with van der Waals surface area (Å²) < 4.78 is 17.8. The third-order valence-electron chi connectivity index (χ3n) is 8.25. The molecule has 0 unspecified atom stereocenters. The Balaban J connectivity index is 1.37. The fraction of sp³-hybridized carbons (Fsp3) is 0.515. The first kappa shape index (κ1) is 31.3. The van der Waals surface area contributed by atoms with Crippen LogP contribution in [0.25, 0.3) is 12.2 Å². The van der Waals surface area contributed by atoms with Crippen molar-refractivity contribution >= 4 is 29.8 Å². The van der Waals surface area contributed by atoms with E-state index in [9.17, 15) is 23.9 Å². The molecule has 2 N–H and O–H groups in total. The molecule has 1 amide bonds. The number of Topliss-reactive ketones (excluding diaryl/α,β-unsaturated/α-hetero) is 1. The first-order valence-corrected chi connectivity index (χ1v) is 15.1. The van der Waals surface area contributed by atoms with E-state index < -0.39 is 18.6 Å². The van der Waals surface area contributed by atoms with E-state index in [1.54, 1.807) is 24.5 Å². The van der Waals surface area contributed by atoms with Crippen molar-refractivity contribution in [1.29, 1.82) is 0 Å². The number of ketones is 1. The van der Waals surface area contributed by atoms with Crippen molar-refractivity contribution in [2.24, 2.45) is 11.8 Å². The minimum Gasteiger partial charge on any atom is -0.491 e. The maximum Gasteiger partial charge on any atom is 0.303 e. The number of pyridine rings is 1. The lowest BCUT2D eigenvalue weighted by Gasteiger charge is -2.33. The van der Waals surface area contributed by atoms with Gasteiger partial charge in [0.1, 0.15) is 24.8 Å². The number of amides is 1. The number of ether oxygens (including phenoxy) is 1. The molecule has 1 aromatic carbocycles. The molecule has 1 aromatic heterocycles. The number of nitrogens with zero attached hydrogens (tertiary/aromatic N) is 2. The quantitative estimate of drug-likeness (QED) is 0.319. The normalized spacial score (nSPS) is 18.6. The van der Waals surface area contributed by atoms with E-state index in [-0.39, 0.29) is 37.1 Å². The summed E-state index contributed by atoms with van der Waals surface area (Å²) in [4.78, 5) is 44.3. The van der Waals surface area contributed by atoms with Gasteiger partial charge >= 0.3 is 5.97 Å². The highest BCUT2D eigenvalue weighted by Gasteiger charge is 2.31. The van der Waals surface area contributed by atoms with Crippen molar-refractivity contribution in [3.8, 4) is 5.75 Å². The first-order valence-electron chi connectivity index (χ1n) is 15.1. The van der Waals surface area contributed by atoms with Crippen LogP contribution >= 0.6 is 0 Å². The summed E-state index contributed by atoms with van der Waals surface area (Å²) in [6, 6.07) is 9.16. The molecule has 3 heterocycles. The van der Waals surface area contributed by atoms with Crippen LogP contribution in [0.4, 0.5) is 4.39 Å². The van der Waals surface area contributed by atoms with E-state index in [0.29, 0.717) is 43.2 Å². The summed E-state index contributed by atoms with van der Waals surface area (Å²) in [7, 11) is 0. The Kier molecular flexibility index (Phi) is 12.1. The highest BCUT2D eigenvalue weighted by Crippen LogP contribution is 2.29. The van der Waals surface area contributed by atoms with E-state index in [4.69, 9.17) is 4.74 Å². The first-order chi connectivity index (χ1) is 20.4. The van der Waals surface area contributed by atoms with E-state index in [1.807, 2.05) is 35.3 Å². The molecule has 2 aliphatic heterocycles. The lowest BCUT2D eigenvalue weighted by atomic mass is 9.84. The Bertz CT molecular complexity index is 1230. The van der Waals surface area contributed by atoms with Gasteiger partial charge in [0.05, 0.1) is 6.42 Å². The van der Waals surface area contributed by atoms with Gasteiger partial charge in [-0.15, -0.1) is 0 Å². The topological polar surface area (TPSA) is 109 Å². The number of aromatic nitrogens is 1. The molecule has 2 aliphatic rings. The average Bonchev–Trinajstić information content (AvgIpc) is 3.02. The van der Waals surface area contributed by atoms with Crippen molar-refractivity contribution in [3.63, 3.8) is 0 Å². The smallest absolute Gasteiger partial charge is 0.303 e. The molecule has 0 saturated carbocycles. The van der Waals surface area contributed by atoms with E-state index in [2.05, 4.69) is 10.3 Å².